The Morgan fingerprint density at radius 3 is 2.38 bits per heavy atom. The number of carbonyl (C=O) groups is 2. The Balaban J connectivity index is 1.13. The first kappa shape index (κ1) is 26.9. The summed E-state index contributed by atoms with van der Waals surface area (Å²) in [5.41, 5.74) is 4.68. The van der Waals surface area contributed by atoms with Gasteiger partial charge in [0.2, 0.25) is 5.95 Å². The molecule has 1 aliphatic rings. The van der Waals surface area contributed by atoms with Gasteiger partial charge in [-0.1, -0.05) is 24.3 Å². The molecule has 1 aliphatic heterocycles. The van der Waals surface area contributed by atoms with E-state index in [1.165, 1.54) is 24.1 Å². The highest BCUT2D eigenvalue weighted by molar-refractivity contribution is 5.96. The summed E-state index contributed by atoms with van der Waals surface area (Å²) in [6.45, 7) is 0.507. The standard InChI is InChI=1S/C31H26F2N6O3/c1-42-27-14-22(30(41)38-17-25(33)18-38)8-12-26(27)35-31-36-28-13-9-23(16-39(28)37-31)20-4-6-21(7-5-20)29(40)34-15-19-2-10-24(32)11-3-19/h2-14,16,25H,15,17-18H2,1H3,(H,34,40)(H,35,37). The molecule has 42 heavy (non-hydrogen) atoms. The Kier molecular flexibility index (Phi) is 7.22. The molecule has 1 saturated heterocycles. The predicted octanol–water partition coefficient (Wildman–Crippen LogP) is 5.01. The summed E-state index contributed by atoms with van der Waals surface area (Å²) in [5.74, 6) is -0.0277. The monoisotopic (exact) mass is 568 g/mol. The molecule has 3 aromatic carbocycles. The minimum Gasteiger partial charge on any atom is -0.495 e. The Hall–Kier alpha value is -5.32. The number of methoxy groups -OCH3 is 1. The van der Waals surface area contributed by atoms with Gasteiger partial charge in [0.15, 0.2) is 5.65 Å². The summed E-state index contributed by atoms with van der Waals surface area (Å²) < 4.78 is 33.4. The number of nitrogens with one attached hydrogen (secondary N) is 2. The minimum atomic E-state index is -0.968. The Bertz CT molecular complexity index is 1770. The number of fused-ring (bicyclic) bond motifs is 1. The summed E-state index contributed by atoms with van der Waals surface area (Å²) in [7, 11) is 1.50. The quantitative estimate of drug-likeness (QED) is 0.273. The van der Waals surface area contributed by atoms with Crippen molar-refractivity contribution in [3.63, 3.8) is 0 Å². The topological polar surface area (TPSA) is 101 Å². The maximum Gasteiger partial charge on any atom is 0.254 e. The van der Waals surface area contributed by atoms with Crippen molar-refractivity contribution in [1.82, 2.24) is 24.8 Å². The van der Waals surface area contributed by atoms with Crippen LogP contribution in [-0.2, 0) is 6.54 Å². The predicted molar refractivity (Wildman–Crippen MR) is 153 cm³/mol. The van der Waals surface area contributed by atoms with Crippen LogP contribution in [0.15, 0.2) is 85.1 Å². The van der Waals surface area contributed by atoms with E-state index in [0.717, 1.165) is 16.7 Å². The highest BCUT2D eigenvalue weighted by Gasteiger charge is 2.31. The molecule has 2 amide bonds. The lowest BCUT2D eigenvalue weighted by atomic mass is 10.1. The molecule has 5 aromatic rings. The van der Waals surface area contributed by atoms with E-state index in [9.17, 15) is 18.4 Å². The second kappa shape index (κ2) is 11.3. The minimum absolute atomic E-state index is 0.104. The number of benzene rings is 3. The van der Waals surface area contributed by atoms with Crippen molar-refractivity contribution >= 4 is 29.1 Å². The van der Waals surface area contributed by atoms with Gasteiger partial charge in [0.25, 0.3) is 11.8 Å². The fourth-order valence-corrected chi connectivity index (χ4v) is 4.63. The van der Waals surface area contributed by atoms with Crippen LogP contribution in [0.1, 0.15) is 26.3 Å². The molecule has 2 aromatic heterocycles. The summed E-state index contributed by atoms with van der Waals surface area (Å²) in [6, 6.07) is 21.9. The molecular formula is C31H26F2N6O3. The van der Waals surface area contributed by atoms with Crippen molar-refractivity contribution in [3.05, 3.63) is 108 Å². The number of hydrogen-bond acceptors (Lipinski definition) is 6. The van der Waals surface area contributed by atoms with Crippen molar-refractivity contribution in [3.8, 4) is 16.9 Å². The second-order valence-corrected chi connectivity index (χ2v) is 9.89. The third-order valence-electron chi connectivity index (χ3n) is 7.00. The van der Waals surface area contributed by atoms with E-state index in [-0.39, 0.29) is 30.7 Å². The van der Waals surface area contributed by atoms with Crippen LogP contribution in [0.3, 0.4) is 0 Å². The van der Waals surface area contributed by atoms with Gasteiger partial charge in [0.1, 0.15) is 17.7 Å². The number of halogens is 2. The summed E-state index contributed by atoms with van der Waals surface area (Å²) >= 11 is 0. The first-order chi connectivity index (χ1) is 20.4. The molecule has 9 nitrogen and oxygen atoms in total. The molecule has 11 heteroatoms. The highest BCUT2D eigenvalue weighted by Crippen LogP contribution is 2.29. The zero-order valence-electron chi connectivity index (χ0n) is 22.6. The van der Waals surface area contributed by atoms with Crippen LogP contribution in [0.2, 0.25) is 0 Å². The lowest BCUT2D eigenvalue weighted by molar-refractivity contribution is 0.0400. The van der Waals surface area contributed by atoms with E-state index >= 15 is 0 Å². The molecule has 6 rings (SSSR count). The van der Waals surface area contributed by atoms with Gasteiger partial charge in [0.05, 0.1) is 25.9 Å². The summed E-state index contributed by atoms with van der Waals surface area (Å²) in [5, 5.41) is 10.5. The Labute approximate surface area is 239 Å². The van der Waals surface area contributed by atoms with Gasteiger partial charge in [-0.05, 0) is 65.7 Å². The maximum absolute atomic E-state index is 13.2. The SMILES string of the molecule is COc1cc(C(=O)N2CC(F)C2)ccc1Nc1nc2ccc(-c3ccc(C(=O)NCc4ccc(F)cc4)cc3)cn2n1. The van der Waals surface area contributed by atoms with Gasteiger partial charge in [0, 0.05) is 29.4 Å². The number of anilines is 2. The molecular weight excluding hydrogens is 542 g/mol. The molecule has 2 N–H and O–H groups in total. The van der Waals surface area contributed by atoms with Crippen molar-refractivity contribution in [2.24, 2.45) is 0 Å². The molecule has 0 bridgehead atoms. The van der Waals surface area contributed by atoms with Crippen LogP contribution in [0.5, 0.6) is 5.75 Å². The molecule has 1 fully saturated rings. The van der Waals surface area contributed by atoms with Gasteiger partial charge < -0.3 is 20.3 Å². The fourth-order valence-electron chi connectivity index (χ4n) is 4.63. The molecule has 0 aliphatic carbocycles. The van der Waals surface area contributed by atoms with Crippen LogP contribution in [0.25, 0.3) is 16.8 Å². The molecule has 0 spiro atoms. The fraction of sp³-hybridized carbons (Fsp3) is 0.161. The van der Waals surface area contributed by atoms with Crippen molar-refractivity contribution in [2.75, 3.05) is 25.5 Å². The zero-order chi connectivity index (χ0) is 29.2. The van der Waals surface area contributed by atoms with Crippen LogP contribution in [0.4, 0.5) is 20.4 Å². The number of rotatable bonds is 8. The number of aromatic nitrogens is 3. The molecule has 0 unspecified atom stereocenters. The molecule has 0 saturated carbocycles. The van der Waals surface area contributed by atoms with Gasteiger partial charge in [-0.2, -0.15) is 4.98 Å². The number of alkyl halides is 1. The smallest absolute Gasteiger partial charge is 0.254 e. The van der Waals surface area contributed by atoms with Crippen molar-refractivity contribution in [1.29, 1.82) is 0 Å². The van der Waals surface area contributed by atoms with Crippen LogP contribution >= 0.6 is 0 Å². The lowest BCUT2D eigenvalue weighted by Gasteiger charge is -2.34. The highest BCUT2D eigenvalue weighted by atomic mass is 19.1. The van der Waals surface area contributed by atoms with Crippen LogP contribution in [0, 0.1) is 5.82 Å². The number of carbonyl (C=O) groups excluding carboxylic acids is 2. The van der Waals surface area contributed by atoms with Gasteiger partial charge in [-0.15, -0.1) is 5.10 Å². The first-order valence-corrected chi connectivity index (χ1v) is 13.2. The average molecular weight is 569 g/mol. The largest absolute Gasteiger partial charge is 0.495 e. The third kappa shape index (κ3) is 5.62. The van der Waals surface area contributed by atoms with E-state index in [4.69, 9.17) is 4.74 Å². The maximum atomic E-state index is 13.2. The number of ether oxygens (including phenoxy) is 1. The van der Waals surface area contributed by atoms with E-state index < -0.39 is 6.17 Å². The first-order valence-electron chi connectivity index (χ1n) is 13.2. The van der Waals surface area contributed by atoms with Crippen molar-refractivity contribution < 1.29 is 23.1 Å². The zero-order valence-corrected chi connectivity index (χ0v) is 22.6. The molecule has 3 heterocycles. The van der Waals surface area contributed by atoms with Crippen LogP contribution < -0.4 is 15.4 Å². The third-order valence-corrected chi connectivity index (χ3v) is 7.00. The van der Waals surface area contributed by atoms with Gasteiger partial charge in [-0.3, -0.25) is 9.59 Å². The van der Waals surface area contributed by atoms with Gasteiger partial charge >= 0.3 is 0 Å². The summed E-state index contributed by atoms with van der Waals surface area (Å²) in [6.07, 6.45) is 0.866. The van der Waals surface area contributed by atoms with Crippen molar-refractivity contribution in [2.45, 2.75) is 12.7 Å². The normalized spacial score (nSPS) is 13.1. The Morgan fingerprint density at radius 2 is 1.67 bits per heavy atom. The second-order valence-electron chi connectivity index (χ2n) is 9.89. The van der Waals surface area contributed by atoms with Gasteiger partial charge in [-0.25, -0.2) is 13.3 Å². The number of hydrogen-bond donors (Lipinski definition) is 2. The van der Waals surface area contributed by atoms with E-state index in [1.807, 2.05) is 30.5 Å². The number of amides is 2. The summed E-state index contributed by atoms with van der Waals surface area (Å²) in [4.78, 5) is 31.1. The Morgan fingerprint density at radius 1 is 0.952 bits per heavy atom. The van der Waals surface area contributed by atoms with E-state index in [0.29, 0.717) is 40.7 Å². The van der Waals surface area contributed by atoms with E-state index in [1.54, 1.807) is 47.0 Å². The van der Waals surface area contributed by atoms with E-state index in [2.05, 4.69) is 20.7 Å². The molecule has 212 valence electrons. The number of pyridine rings is 1. The lowest BCUT2D eigenvalue weighted by Crippen LogP contribution is -2.51. The average Bonchev–Trinajstić information content (AvgIpc) is 3.40. The number of likely N-dealkylation sites (tertiary alicyclic amines) is 1. The molecule has 0 atom stereocenters. The number of nitrogens with zero attached hydrogens (tertiary/aromatic N) is 4. The molecule has 0 radical (unpaired) electrons. The van der Waals surface area contributed by atoms with Crippen LogP contribution in [-0.4, -0.2) is 57.7 Å².